The normalized spacial score (nSPS) is 11.7. The lowest BCUT2D eigenvalue weighted by Gasteiger charge is -2.09. The third-order valence-electron chi connectivity index (χ3n) is 2.73. The first kappa shape index (κ1) is 17.6. The predicted molar refractivity (Wildman–Crippen MR) is 76.7 cm³/mol. The maximum absolute atomic E-state index is 12.6. The van der Waals surface area contributed by atoms with Gasteiger partial charge in [0.05, 0.1) is 5.56 Å². The monoisotopic (exact) mass is 311 g/mol. The van der Waals surface area contributed by atoms with Crippen LogP contribution < -0.4 is 10.6 Å². The zero-order chi connectivity index (χ0) is 16.6. The largest absolute Gasteiger partial charge is 0.416 e. The SMILES string of the molecule is CCCCN/C=C(/C#N)C(=O)Nc1cccc(C(F)(F)F)c1. The van der Waals surface area contributed by atoms with E-state index < -0.39 is 17.6 Å². The molecular formula is C15H16F3N3O. The molecular weight excluding hydrogens is 295 g/mol. The number of nitrogens with one attached hydrogen (secondary N) is 2. The van der Waals surface area contributed by atoms with Crippen molar-refractivity contribution in [1.82, 2.24) is 5.32 Å². The minimum atomic E-state index is -4.49. The second kappa shape index (κ2) is 8.08. The Hall–Kier alpha value is -2.49. The molecule has 0 aliphatic rings. The summed E-state index contributed by atoms with van der Waals surface area (Å²) in [6.45, 7) is 2.61. The van der Waals surface area contributed by atoms with Crippen LogP contribution in [0.5, 0.6) is 0 Å². The van der Waals surface area contributed by atoms with Gasteiger partial charge in [0.1, 0.15) is 11.6 Å². The first-order valence-electron chi connectivity index (χ1n) is 6.70. The predicted octanol–water partition coefficient (Wildman–Crippen LogP) is 3.44. The minimum Gasteiger partial charge on any atom is -0.390 e. The van der Waals surface area contributed by atoms with E-state index in [-0.39, 0.29) is 11.3 Å². The van der Waals surface area contributed by atoms with Crippen molar-refractivity contribution in [2.24, 2.45) is 0 Å². The highest BCUT2D eigenvalue weighted by atomic mass is 19.4. The summed E-state index contributed by atoms with van der Waals surface area (Å²) >= 11 is 0. The Kier molecular flexibility index (Phi) is 6.45. The van der Waals surface area contributed by atoms with Crippen LogP contribution in [0, 0.1) is 11.3 Å². The number of benzene rings is 1. The molecule has 0 atom stereocenters. The number of alkyl halides is 3. The van der Waals surface area contributed by atoms with Crippen LogP contribution in [0.1, 0.15) is 25.3 Å². The van der Waals surface area contributed by atoms with Gasteiger partial charge in [-0.1, -0.05) is 19.4 Å². The van der Waals surface area contributed by atoms with Crippen LogP contribution in [0.15, 0.2) is 36.0 Å². The van der Waals surface area contributed by atoms with Crippen LogP contribution in [0.4, 0.5) is 18.9 Å². The quantitative estimate of drug-likeness (QED) is 0.480. The summed E-state index contributed by atoms with van der Waals surface area (Å²) in [5, 5.41) is 14.0. The van der Waals surface area contributed by atoms with E-state index in [1.165, 1.54) is 18.3 Å². The smallest absolute Gasteiger partial charge is 0.390 e. The number of amides is 1. The van der Waals surface area contributed by atoms with Gasteiger partial charge in [-0.25, -0.2) is 0 Å². The number of hydrogen-bond donors (Lipinski definition) is 2. The molecule has 0 saturated heterocycles. The molecule has 0 aliphatic heterocycles. The second-order valence-corrected chi connectivity index (χ2v) is 4.51. The van der Waals surface area contributed by atoms with Gasteiger partial charge in [0.15, 0.2) is 0 Å². The molecule has 2 N–H and O–H groups in total. The number of halogens is 3. The Labute approximate surface area is 126 Å². The Morgan fingerprint density at radius 2 is 2.14 bits per heavy atom. The molecule has 4 nitrogen and oxygen atoms in total. The molecule has 7 heteroatoms. The summed E-state index contributed by atoms with van der Waals surface area (Å²) in [5.41, 5.74) is -1.09. The summed E-state index contributed by atoms with van der Waals surface area (Å²) in [4.78, 5) is 11.8. The molecule has 1 rings (SSSR count). The van der Waals surface area contributed by atoms with Gasteiger partial charge in [0.2, 0.25) is 0 Å². The Morgan fingerprint density at radius 3 is 2.73 bits per heavy atom. The van der Waals surface area contributed by atoms with Crippen molar-refractivity contribution in [3.63, 3.8) is 0 Å². The van der Waals surface area contributed by atoms with Crippen LogP contribution in [-0.2, 0) is 11.0 Å². The standard InChI is InChI=1S/C15H16F3N3O/c1-2-3-7-20-10-11(9-19)14(22)21-13-6-4-5-12(8-13)15(16,17)18/h4-6,8,10,20H,2-3,7H2,1H3,(H,21,22)/b11-10-. The summed E-state index contributed by atoms with van der Waals surface area (Å²) in [5.74, 6) is -0.758. The zero-order valence-corrected chi connectivity index (χ0v) is 12.0. The lowest BCUT2D eigenvalue weighted by Crippen LogP contribution is -2.17. The lowest BCUT2D eigenvalue weighted by atomic mass is 10.2. The Bertz CT molecular complexity index is 588. The van der Waals surface area contributed by atoms with Crippen LogP contribution >= 0.6 is 0 Å². The molecule has 1 aromatic carbocycles. The molecule has 0 aliphatic carbocycles. The first-order chi connectivity index (χ1) is 10.4. The fourth-order valence-corrected chi connectivity index (χ4v) is 1.57. The number of nitriles is 1. The van der Waals surface area contributed by atoms with Crippen molar-refractivity contribution in [3.8, 4) is 6.07 Å². The molecule has 0 fully saturated rings. The molecule has 0 aromatic heterocycles. The fraction of sp³-hybridized carbons (Fsp3) is 0.333. The van der Waals surface area contributed by atoms with Crippen LogP contribution in [-0.4, -0.2) is 12.5 Å². The number of carbonyl (C=O) groups is 1. The van der Waals surface area contributed by atoms with Crippen molar-refractivity contribution in [3.05, 3.63) is 41.6 Å². The molecule has 118 valence electrons. The summed E-state index contributed by atoms with van der Waals surface area (Å²) < 4.78 is 37.7. The van der Waals surface area contributed by atoms with Gasteiger partial charge in [0, 0.05) is 18.4 Å². The van der Waals surface area contributed by atoms with Crippen LogP contribution in [0.3, 0.4) is 0 Å². The highest BCUT2D eigenvalue weighted by molar-refractivity contribution is 6.06. The third-order valence-corrected chi connectivity index (χ3v) is 2.73. The fourth-order valence-electron chi connectivity index (χ4n) is 1.57. The molecule has 0 radical (unpaired) electrons. The topological polar surface area (TPSA) is 64.9 Å². The van der Waals surface area contributed by atoms with Crippen molar-refractivity contribution in [2.75, 3.05) is 11.9 Å². The van der Waals surface area contributed by atoms with Crippen molar-refractivity contribution < 1.29 is 18.0 Å². The van der Waals surface area contributed by atoms with Gasteiger partial charge in [0.25, 0.3) is 5.91 Å². The molecule has 0 heterocycles. The highest BCUT2D eigenvalue weighted by Gasteiger charge is 2.30. The van der Waals surface area contributed by atoms with Crippen molar-refractivity contribution >= 4 is 11.6 Å². The maximum Gasteiger partial charge on any atom is 0.416 e. The zero-order valence-electron chi connectivity index (χ0n) is 12.0. The second-order valence-electron chi connectivity index (χ2n) is 4.51. The molecule has 0 unspecified atom stereocenters. The number of nitrogens with zero attached hydrogens (tertiary/aromatic N) is 1. The molecule has 1 aromatic rings. The van der Waals surface area contributed by atoms with E-state index in [9.17, 15) is 18.0 Å². The van der Waals surface area contributed by atoms with E-state index in [0.29, 0.717) is 6.54 Å². The third kappa shape index (κ3) is 5.48. The van der Waals surface area contributed by atoms with Gasteiger partial charge >= 0.3 is 6.18 Å². The maximum atomic E-state index is 12.6. The van der Waals surface area contributed by atoms with Gasteiger partial charge in [-0.3, -0.25) is 4.79 Å². The molecule has 0 bridgehead atoms. The van der Waals surface area contributed by atoms with Crippen molar-refractivity contribution in [2.45, 2.75) is 25.9 Å². The van der Waals surface area contributed by atoms with Gasteiger partial charge in [-0.05, 0) is 24.6 Å². The Balaban J connectivity index is 2.77. The highest BCUT2D eigenvalue weighted by Crippen LogP contribution is 2.30. The molecule has 0 saturated carbocycles. The Morgan fingerprint density at radius 1 is 1.41 bits per heavy atom. The molecule has 0 spiro atoms. The van der Waals surface area contributed by atoms with E-state index in [2.05, 4.69) is 10.6 Å². The van der Waals surface area contributed by atoms with Gasteiger partial charge in [-0.2, -0.15) is 18.4 Å². The number of carbonyl (C=O) groups excluding carboxylic acids is 1. The first-order valence-corrected chi connectivity index (χ1v) is 6.70. The van der Waals surface area contributed by atoms with E-state index in [0.717, 1.165) is 25.0 Å². The van der Waals surface area contributed by atoms with E-state index in [4.69, 9.17) is 5.26 Å². The number of hydrogen-bond acceptors (Lipinski definition) is 3. The number of rotatable bonds is 6. The molecule has 22 heavy (non-hydrogen) atoms. The average Bonchev–Trinajstić information content (AvgIpc) is 2.46. The van der Waals surface area contributed by atoms with Gasteiger partial charge in [-0.15, -0.1) is 0 Å². The minimum absolute atomic E-state index is 0.0190. The van der Waals surface area contributed by atoms with Crippen molar-refractivity contribution in [1.29, 1.82) is 5.26 Å². The number of unbranched alkanes of at least 4 members (excludes halogenated alkanes) is 1. The van der Waals surface area contributed by atoms with E-state index in [1.807, 2.05) is 6.92 Å². The summed E-state index contributed by atoms with van der Waals surface area (Å²) in [6, 6.07) is 5.95. The number of anilines is 1. The lowest BCUT2D eigenvalue weighted by molar-refractivity contribution is -0.137. The van der Waals surface area contributed by atoms with Crippen LogP contribution in [0.2, 0.25) is 0 Å². The molecule has 1 amide bonds. The van der Waals surface area contributed by atoms with E-state index in [1.54, 1.807) is 6.07 Å². The summed E-state index contributed by atoms with van der Waals surface area (Å²) in [7, 11) is 0. The average molecular weight is 311 g/mol. The summed E-state index contributed by atoms with van der Waals surface area (Å²) in [6.07, 6.45) is -1.39. The van der Waals surface area contributed by atoms with Gasteiger partial charge < -0.3 is 10.6 Å². The van der Waals surface area contributed by atoms with Crippen LogP contribution in [0.25, 0.3) is 0 Å². The van der Waals surface area contributed by atoms with E-state index >= 15 is 0 Å².